The lowest BCUT2D eigenvalue weighted by atomic mass is 9.97. The number of aryl methyl sites for hydroxylation is 2. The molecule has 0 aromatic heterocycles. The van der Waals surface area contributed by atoms with Gasteiger partial charge in [0.25, 0.3) is 15.9 Å². The summed E-state index contributed by atoms with van der Waals surface area (Å²) in [6.07, 6.45) is 0.694. The van der Waals surface area contributed by atoms with Crippen molar-refractivity contribution in [3.8, 4) is 0 Å². The number of benzene rings is 3. The topological polar surface area (TPSA) is 75.3 Å². The second-order valence-corrected chi connectivity index (χ2v) is 9.12. The van der Waals surface area contributed by atoms with E-state index < -0.39 is 15.8 Å². The molecule has 0 bridgehead atoms. The SMILES string of the molecule is CC[C@H](NC(=O)c1cccc(S(=O)(=O)Nc2ccc(F)cc2)c1)c1ccc(C)cc1C. The smallest absolute Gasteiger partial charge is 0.261 e. The summed E-state index contributed by atoms with van der Waals surface area (Å²) in [7, 11) is -3.93. The van der Waals surface area contributed by atoms with Crippen molar-refractivity contribution in [2.45, 2.75) is 38.1 Å². The van der Waals surface area contributed by atoms with E-state index >= 15 is 0 Å². The van der Waals surface area contributed by atoms with Gasteiger partial charge >= 0.3 is 0 Å². The summed E-state index contributed by atoms with van der Waals surface area (Å²) in [5.74, 6) is -0.818. The van der Waals surface area contributed by atoms with Crippen LogP contribution in [0.2, 0.25) is 0 Å². The fourth-order valence-corrected chi connectivity index (χ4v) is 4.50. The highest BCUT2D eigenvalue weighted by Crippen LogP contribution is 2.23. The fourth-order valence-electron chi connectivity index (χ4n) is 3.39. The highest BCUT2D eigenvalue weighted by molar-refractivity contribution is 7.92. The van der Waals surface area contributed by atoms with Crippen LogP contribution in [0.15, 0.2) is 71.6 Å². The maximum atomic E-state index is 13.1. The van der Waals surface area contributed by atoms with Crippen LogP contribution in [0.3, 0.4) is 0 Å². The average Bonchev–Trinajstić information content (AvgIpc) is 2.74. The molecule has 0 fully saturated rings. The second kappa shape index (κ2) is 9.31. The highest BCUT2D eigenvalue weighted by atomic mass is 32.2. The Balaban J connectivity index is 1.81. The molecule has 0 heterocycles. The normalized spacial score (nSPS) is 12.3. The number of sulfonamides is 1. The summed E-state index contributed by atoms with van der Waals surface area (Å²) in [4.78, 5) is 12.8. The number of hydrogen-bond acceptors (Lipinski definition) is 3. The lowest BCUT2D eigenvalue weighted by Gasteiger charge is -2.20. The van der Waals surface area contributed by atoms with Crippen LogP contribution in [0, 0.1) is 19.7 Å². The van der Waals surface area contributed by atoms with Gasteiger partial charge < -0.3 is 5.32 Å². The Morgan fingerprint density at radius 2 is 1.71 bits per heavy atom. The predicted molar refractivity (Wildman–Crippen MR) is 120 cm³/mol. The molecule has 0 spiro atoms. The Labute approximate surface area is 182 Å². The van der Waals surface area contributed by atoms with Crippen molar-refractivity contribution in [1.82, 2.24) is 5.32 Å². The van der Waals surface area contributed by atoms with Crippen molar-refractivity contribution < 1.29 is 17.6 Å². The number of anilines is 1. The van der Waals surface area contributed by atoms with Crippen LogP contribution >= 0.6 is 0 Å². The fraction of sp³-hybridized carbons (Fsp3) is 0.208. The molecule has 7 heteroatoms. The molecule has 0 saturated heterocycles. The molecule has 0 saturated carbocycles. The summed E-state index contributed by atoms with van der Waals surface area (Å²) < 4.78 is 40.9. The Bertz CT molecular complexity index is 1190. The van der Waals surface area contributed by atoms with Gasteiger partial charge in [-0.2, -0.15) is 0 Å². The first kappa shape index (κ1) is 22.5. The molecule has 2 N–H and O–H groups in total. The zero-order valence-electron chi connectivity index (χ0n) is 17.6. The van der Waals surface area contributed by atoms with E-state index in [1.54, 1.807) is 6.07 Å². The maximum Gasteiger partial charge on any atom is 0.261 e. The van der Waals surface area contributed by atoms with E-state index in [2.05, 4.69) is 16.1 Å². The third kappa shape index (κ3) is 5.49. The Hall–Kier alpha value is -3.19. The molecule has 1 amide bonds. The van der Waals surface area contributed by atoms with Gasteiger partial charge in [0, 0.05) is 11.3 Å². The molecule has 3 aromatic carbocycles. The van der Waals surface area contributed by atoms with Crippen LogP contribution in [0.1, 0.15) is 46.4 Å². The molecule has 5 nitrogen and oxygen atoms in total. The molecule has 0 radical (unpaired) electrons. The molecule has 0 aliphatic heterocycles. The quantitative estimate of drug-likeness (QED) is 0.535. The minimum absolute atomic E-state index is 0.0518. The number of carbonyl (C=O) groups is 1. The number of halogens is 1. The lowest BCUT2D eigenvalue weighted by molar-refractivity contribution is 0.0935. The number of amides is 1. The largest absolute Gasteiger partial charge is 0.345 e. The Kier molecular flexibility index (Phi) is 6.75. The lowest BCUT2D eigenvalue weighted by Crippen LogP contribution is -2.29. The number of nitrogens with one attached hydrogen (secondary N) is 2. The molecule has 0 aliphatic rings. The zero-order valence-corrected chi connectivity index (χ0v) is 18.5. The van der Waals surface area contributed by atoms with Gasteiger partial charge in [-0.05, 0) is 73.9 Å². The highest BCUT2D eigenvalue weighted by Gasteiger charge is 2.19. The second-order valence-electron chi connectivity index (χ2n) is 7.43. The van der Waals surface area contributed by atoms with E-state index in [0.717, 1.165) is 16.7 Å². The molecular weight excluding hydrogens is 415 g/mol. The monoisotopic (exact) mass is 440 g/mol. The molecule has 3 aromatic rings. The van der Waals surface area contributed by atoms with Crippen LogP contribution in [0.4, 0.5) is 10.1 Å². The Morgan fingerprint density at radius 3 is 2.35 bits per heavy atom. The average molecular weight is 441 g/mol. The number of hydrogen-bond donors (Lipinski definition) is 2. The van der Waals surface area contributed by atoms with Crippen LogP contribution in [-0.2, 0) is 10.0 Å². The van der Waals surface area contributed by atoms with Gasteiger partial charge in [-0.3, -0.25) is 9.52 Å². The predicted octanol–water partition coefficient (Wildman–Crippen LogP) is 5.12. The van der Waals surface area contributed by atoms with Crippen molar-refractivity contribution in [3.63, 3.8) is 0 Å². The molecule has 31 heavy (non-hydrogen) atoms. The van der Waals surface area contributed by atoms with E-state index in [-0.39, 0.29) is 28.1 Å². The minimum Gasteiger partial charge on any atom is -0.345 e. The summed E-state index contributed by atoms with van der Waals surface area (Å²) >= 11 is 0. The van der Waals surface area contributed by atoms with Gasteiger partial charge in [-0.25, -0.2) is 12.8 Å². The zero-order chi connectivity index (χ0) is 22.6. The van der Waals surface area contributed by atoms with Crippen LogP contribution in [0.25, 0.3) is 0 Å². The maximum absolute atomic E-state index is 13.1. The van der Waals surface area contributed by atoms with Gasteiger partial charge in [0.05, 0.1) is 10.9 Å². The molecule has 3 rings (SSSR count). The minimum atomic E-state index is -3.93. The van der Waals surface area contributed by atoms with Crippen molar-refractivity contribution >= 4 is 21.6 Å². The first-order valence-corrected chi connectivity index (χ1v) is 11.4. The molecule has 1 atom stereocenters. The van der Waals surface area contributed by atoms with E-state index in [1.807, 2.05) is 32.9 Å². The van der Waals surface area contributed by atoms with Crippen molar-refractivity contribution in [1.29, 1.82) is 0 Å². The third-order valence-electron chi connectivity index (χ3n) is 5.02. The van der Waals surface area contributed by atoms with Crippen LogP contribution in [-0.4, -0.2) is 14.3 Å². The van der Waals surface area contributed by atoms with Crippen LogP contribution < -0.4 is 10.0 Å². The number of rotatable bonds is 7. The summed E-state index contributed by atoms with van der Waals surface area (Å²) in [5.41, 5.74) is 3.74. The van der Waals surface area contributed by atoms with E-state index in [0.29, 0.717) is 6.42 Å². The van der Waals surface area contributed by atoms with Gasteiger partial charge in [-0.15, -0.1) is 0 Å². The summed E-state index contributed by atoms with van der Waals surface area (Å²) in [5, 5.41) is 3.00. The Morgan fingerprint density at radius 1 is 1.00 bits per heavy atom. The van der Waals surface area contributed by atoms with Crippen molar-refractivity contribution in [2.24, 2.45) is 0 Å². The first-order valence-electron chi connectivity index (χ1n) is 9.96. The van der Waals surface area contributed by atoms with Crippen molar-refractivity contribution in [3.05, 3.63) is 94.8 Å². The molecule has 0 aliphatic carbocycles. The van der Waals surface area contributed by atoms with Gasteiger partial charge in [0.1, 0.15) is 5.82 Å². The van der Waals surface area contributed by atoms with Crippen LogP contribution in [0.5, 0.6) is 0 Å². The summed E-state index contributed by atoms with van der Waals surface area (Å²) in [6.45, 7) is 6.01. The van der Waals surface area contributed by atoms with Crippen molar-refractivity contribution in [2.75, 3.05) is 4.72 Å². The van der Waals surface area contributed by atoms with E-state index in [1.165, 1.54) is 42.5 Å². The summed E-state index contributed by atoms with van der Waals surface area (Å²) in [6, 6.07) is 16.7. The molecular formula is C24H25FN2O3S. The van der Waals surface area contributed by atoms with E-state index in [9.17, 15) is 17.6 Å². The first-order chi connectivity index (χ1) is 14.7. The molecule has 162 valence electrons. The van der Waals surface area contributed by atoms with E-state index in [4.69, 9.17) is 0 Å². The van der Waals surface area contributed by atoms with Gasteiger partial charge in [0.2, 0.25) is 0 Å². The number of carbonyl (C=O) groups excluding carboxylic acids is 1. The molecule has 0 unspecified atom stereocenters. The van der Waals surface area contributed by atoms with Gasteiger partial charge in [-0.1, -0.05) is 36.8 Å². The standard InChI is InChI=1S/C24H25FN2O3S/c1-4-23(22-13-8-16(2)14-17(22)3)26-24(28)18-6-5-7-21(15-18)31(29,30)27-20-11-9-19(25)10-12-20/h5-15,23,27H,4H2,1-3H3,(H,26,28)/t23-/m0/s1. The van der Waals surface area contributed by atoms with Gasteiger partial charge in [0.15, 0.2) is 0 Å². The third-order valence-corrected chi connectivity index (χ3v) is 6.40.